The quantitative estimate of drug-likeness (QED) is 0.355. The van der Waals surface area contributed by atoms with Crippen LogP contribution in [0.3, 0.4) is 0 Å². The Morgan fingerprint density at radius 1 is 0.857 bits per heavy atom. The molecule has 3 N–H and O–H groups in total. The van der Waals surface area contributed by atoms with Crippen molar-refractivity contribution in [3.8, 4) is 5.75 Å². The summed E-state index contributed by atoms with van der Waals surface area (Å²) in [5.74, 6) is 0.863. The molecule has 136 valence electrons. The Balaban J connectivity index is 1.62. The highest BCUT2D eigenvalue weighted by molar-refractivity contribution is 5.99. The standard InChI is InChI=1S/C24H19N3O/c28-23-18(14-16-8-2-1-3-9-16)15-17-10-4-5-11-19(17)22(23)27-24-25-20-12-6-7-13-21(20)26-24/h1-13,15,28H,14H2,(H2,25,26,27). The number of phenolic OH excluding ortho intramolecular Hbond substituents is 1. The molecule has 4 nitrogen and oxygen atoms in total. The average molecular weight is 365 g/mol. The van der Waals surface area contributed by atoms with E-state index in [1.54, 1.807) is 0 Å². The average Bonchev–Trinajstić information content (AvgIpc) is 3.14. The summed E-state index contributed by atoms with van der Waals surface area (Å²) in [5, 5.41) is 16.4. The van der Waals surface area contributed by atoms with Crippen molar-refractivity contribution in [2.75, 3.05) is 5.32 Å². The third-order valence-corrected chi connectivity index (χ3v) is 4.97. The number of aromatic hydroxyl groups is 1. The van der Waals surface area contributed by atoms with E-state index in [2.05, 4.69) is 39.6 Å². The molecule has 0 aliphatic carbocycles. The maximum atomic E-state index is 11.1. The monoisotopic (exact) mass is 365 g/mol. The molecule has 5 rings (SSSR count). The van der Waals surface area contributed by atoms with Crippen LogP contribution in [-0.2, 0) is 6.42 Å². The topological polar surface area (TPSA) is 60.9 Å². The minimum atomic E-state index is 0.253. The molecule has 0 aliphatic heterocycles. The van der Waals surface area contributed by atoms with Crippen LogP contribution in [0.2, 0.25) is 0 Å². The number of nitrogens with one attached hydrogen (secondary N) is 2. The fourth-order valence-corrected chi connectivity index (χ4v) is 3.60. The highest BCUT2D eigenvalue weighted by Gasteiger charge is 2.15. The zero-order chi connectivity index (χ0) is 18.9. The van der Waals surface area contributed by atoms with Gasteiger partial charge in [0, 0.05) is 17.4 Å². The molecule has 1 aromatic heterocycles. The van der Waals surface area contributed by atoms with Crippen LogP contribution in [0.25, 0.3) is 21.8 Å². The van der Waals surface area contributed by atoms with Crippen molar-refractivity contribution in [1.82, 2.24) is 9.97 Å². The Labute approximate surface area is 162 Å². The lowest BCUT2D eigenvalue weighted by Crippen LogP contribution is -1.98. The number of nitrogens with zero attached hydrogens (tertiary/aromatic N) is 1. The minimum absolute atomic E-state index is 0.253. The van der Waals surface area contributed by atoms with Gasteiger partial charge in [0.2, 0.25) is 5.95 Å². The summed E-state index contributed by atoms with van der Waals surface area (Å²) in [6, 6.07) is 28.2. The van der Waals surface area contributed by atoms with Crippen molar-refractivity contribution in [2.45, 2.75) is 6.42 Å². The molecule has 0 aliphatic rings. The van der Waals surface area contributed by atoms with Crippen LogP contribution in [-0.4, -0.2) is 15.1 Å². The fourth-order valence-electron chi connectivity index (χ4n) is 3.60. The van der Waals surface area contributed by atoms with Gasteiger partial charge in [0.1, 0.15) is 5.75 Å². The van der Waals surface area contributed by atoms with Gasteiger partial charge in [0.05, 0.1) is 16.7 Å². The largest absolute Gasteiger partial charge is 0.505 e. The van der Waals surface area contributed by atoms with E-state index in [0.717, 1.165) is 32.9 Å². The molecule has 5 aromatic rings. The number of imidazole rings is 1. The fraction of sp³-hybridized carbons (Fsp3) is 0.0417. The number of fused-ring (bicyclic) bond motifs is 2. The molecule has 0 saturated heterocycles. The van der Waals surface area contributed by atoms with E-state index < -0.39 is 0 Å². The van der Waals surface area contributed by atoms with Crippen molar-refractivity contribution in [2.24, 2.45) is 0 Å². The van der Waals surface area contributed by atoms with Crippen LogP contribution in [0.5, 0.6) is 5.75 Å². The molecule has 0 radical (unpaired) electrons. The summed E-state index contributed by atoms with van der Waals surface area (Å²) in [7, 11) is 0. The van der Waals surface area contributed by atoms with Gasteiger partial charge in [-0.15, -0.1) is 0 Å². The predicted octanol–water partition coefficient (Wildman–Crippen LogP) is 5.76. The second-order valence-corrected chi connectivity index (χ2v) is 6.87. The highest BCUT2D eigenvalue weighted by atomic mass is 16.3. The van der Waals surface area contributed by atoms with Gasteiger partial charge in [-0.1, -0.05) is 66.7 Å². The number of aromatic nitrogens is 2. The maximum Gasteiger partial charge on any atom is 0.205 e. The van der Waals surface area contributed by atoms with E-state index >= 15 is 0 Å². The lowest BCUT2D eigenvalue weighted by atomic mass is 9.98. The van der Waals surface area contributed by atoms with Crippen molar-refractivity contribution >= 4 is 33.4 Å². The summed E-state index contributed by atoms with van der Waals surface area (Å²) < 4.78 is 0. The first-order valence-electron chi connectivity index (χ1n) is 9.27. The Kier molecular flexibility index (Phi) is 3.95. The first kappa shape index (κ1) is 16.4. The lowest BCUT2D eigenvalue weighted by Gasteiger charge is -2.14. The first-order valence-corrected chi connectivity index (χ1v) is 9.27. The number of aromatic amines is 1. The van der Waals surface area contributed by atoms with Gasteiger partial charge in [0.15, 0.2) is 0 Å². The number of para-hydroxylation sites is 2. The van der Waals surface area contributed by atoms with Crippen LogP contribution < -0.4 is 5.32 Å². The molecular weight excluding hydrogens is 346 g/mol. The van der Waals surface area contributed by atoms with E-state index in [1.807, 2.05) is 60.7 Å². The van der Waals surface area contributed by atoms with Gasteiger partial charge >= 0.3 is 0 Å². The highest BCUT2D eigenvalue weighted by Crippen LogP contribution is 2.38. The van der Waals surface area contributed by atoms with E-state index in [4.69, 9.17) is 0 Å². The number of rotatable bonds is 4. The number of H-pyrrole nitrogens is 1. The van der Waals surface area contributed by atoms with Gasteiger partial charge in [-0.3, -0.25) is 0 Å². The molecule has 0 unspecified atom stereocenters. The van der Waals surface area contributed by atoms with Gasteiger partial charge in [0.25, 0.3) is 0 Å². The summed E-state index contributed by atoms with van der Waals surface area (Å²) in [6.45, 7) is 0. The van der Waals surface area contributed by atoms with Crippen molar-refractivity contribution in [3.63, 3.8) is 0 Å². The number of benzene rings is 4. The lowest BCUT2D eigenvalue weighted by molar-refractivity contribution is 0.472. The third kappa shape index (κ3) is 2.95. The molecular formula is C24H19N3O. The molecule has 4 aromatic carbocycles. The van der Waals surface area contributed by atoms with Crippen LogP contribution in [0.15, 0.2) is 84.9 Å². The normalized spacial score (nSPS) is 11.1. The Hall–Kier alpha value is -3.79. The van der Waals surface area contributed by atoms with Crippen molar-refractivity contribution in [3.05, 3.63) is 96.1 Å². The first-order chi connectivity index (χ1) is 13.8. The second-order valence-electron chi connectivity index (χ2n) is 6.87. The number of anilines is 2. The van der Waals surface area contributed by atoms with Crippen LogP contribution in [0.4, 0.5) is 11.6 Å². The molecule has 0 bridgehead atoms. The maximum absolute atomic E-state index is 11.1. The summed E-state index contributed by atoms with van der Waals surface area (Å²) >= 11 is 0. The number of hydrogen-bond acceptors (Lipinski definition) is 3. The Bertz CT molecular complexity index is 1240. The molecule has 0 spiro atoms. The number of hydrogen-bond donors (Lipinski definition) is 3. The smallest absolute Gasteiger partial charge is 0.205 e. The van der Waals surface area contributed by atoms with Gasteiger partial charge < -0.3 is 15.4 Å². The summed E-state index contributed by atoms with van der Waals surface area (Å²) in [4.78, 5) is 7.86. The van der Waals surface area contributed by atoms with E-state index in [0.29, 0.717) is 18.1 Å². The van der Waals surface area contributed by atoms with Crippen LogP contribution in [0.1, 0.15) is 11.1 Å². The zero-order valence-corrected chi connectivity index (χ0v) is 15.2. The number of phenols is 1. The molecule has 28 heavy (non-hydrogen) atoms. The molecule has 0 amide bonds. The Morgan fingerprint density at radius 2 is 1.61 bits per heavy atom. The van der Waals surface area contributed by atoms with Crippen LogP contribution in [0, 0.1) is 0 Å². The minimum Gasteiger partial charge on any atom is -0.505 e. The molecule has 0 saturated carbocycles. The van der Waals surface area contributed by atoms with E-state index in [9.17, 15) is 5.11 Å². The second kappa shape index (κ2) is 6.74. The van der Waals surface area contributed by atoms with Crippen molar-refractivity contribution < 1.29 is 5.11 Å². The molecule has 4 heteroatoms. The summed E-state index contributed by atoms with van der Waals surface area (Å²) in [6.07, 6.45) is 0.659. The van der Waals surface area contributed by atoms with Gasteiger partial charge in [-0.05, 0) is 29.1 Å². The van der Waals surface area contributed by atoms with Gasteiger partial charge in [-0.25, -0.2) is 4.98 Å². The molecule has 1 heterocycles. The summed E-state index contributed by atoms with van der Waals surface area (Å²) in [5.41, 5.74) is 4.54. The Morgan fingerprint density at radius 3 is 2.46 bits per heavy atom. The van der Waals surface area contributed by atoms with Gasteiger partial charge in [-0.2, -0.15) is 0 Å². The zero-order valence-electron chi connectivity index (χ0n) is 15.2. The SMILES string of the molecule is Oc1c(Cc2ccccc2)cc2ccccc2c1Nc1nc2ccccc2[nH]1. The molecule has 0 fully saturated rings. The predicted molar refractivity (Wildman–Crippen MR) is 114 cm³/mol. The van der Waals surface area contributed by atoms with Crippen LogP contribution >= 0.6 is 0 Å². The van der Waals surface area contributed by atoms with E-state index in [1.165, 1.54) is 0 Å². The third-order valence-electron chi connectivity index (χ3n) is 4.97. The molecule has 0 atom stereocenters. The van der Waals surface area contributed by atoms with Crippen molar-refractivity contribution in [1.29, 1.82) is 0 Å². The van der Waals surface area contributed by atoms with E-state index in [-0.39, 0.29) is 5.75 Å².